The van der Waals surface area contributed by atoms with Crippen LogP contribution in [0.15, 0.2) is 86.8 Å². The minimum Gasteiger partial charge on any atom is -0.497 e. The molecule has 3 heterocycles. The number of ether oxygens (including phenoxy) is 1. The predicted octanol–water partition coefficient (Wildman–Crippen LogP) is 6.57. The van der Waals surface area contributed by atoms with Crippen molar-refractivity contribution in [1.29, 1.82) is 0 Å². The zero-order valence-corrected chi connectivity index (χ0v) is 22.7. The molecular weight excluding hydrogens is 618 g/mol. The van der Waals surface area contributed by atoms with Gasteiger partial charge in [-0.1, -0.05) is 28.1 Å². The van der Waals surface area contributed by atoms with Crippen molar-refractivity contribution in [2.45, 2.75) is 0 Å². The number of hydrogen-bond donors (Lipinski definition) is 0. The van der Waals surface area contributed by atoms with E-state index in [1.54, 1.807) is 25.3 Å². The van der Waals surface area contributed by atoms with Crippen LogP contribution in [-0.2, 0) is 0 Å². The summed E-state index contributed by atoms with van der Waals surface area (Å²) in [4.78, 5) is 38.8. The predicted molar refractivity (Wildman–Crippen MR) is 152 cm³/mol. The molecule has 38 heavy (non-hydrogen) atoms. The summed E-state index contributed by atoms with van der Waals surface area (Å²) >= 11 is 6.94. The highest BCUT2D eigenvalue weighted by molar-refractivity contribution is 9.11. The minimum absolute atomic E-state index is 0.0603. The first-order valence-electron chi connectivity index (χ1n) is 11.2. The average molecular weight is 633 g/mol. The highest BCUT2D eigenvalue weighted by Crippen LogP contribution is 2.36. The molecule has 0 bridgehead atoms. The quantitative estimate of drug-likeness (QED) is 0.0935. The fourth-order valence-electron chi connectivity index (χ4n) is 4.39. The Labute approximate surface area is 231 Å². The lowest BCUT2D eigenvalue weighted by atomic mass is 9.99. The van der Waals surface area contributed by atoms with Crippen LogP contribution in [0.4, 0.5) is 5.69 Å². The van der Waals surface area contributed by atoms with E-state index in [2.05, 4.69) is 36.8 Å². The normalized spacial score (nSPS) is 11.3. The van der Waals surface area contributed by atoms with Gasteiger partial charge in [-0.05, 0) is 69.5 Å². The van der Waals surface area contributed by atoms with E-state index < -0.39 is 4.92 Å². The van der Waals surface area contributed by atoms with Gasteiger partial charge in [0.05, 0.1) is 34.0 Å². The zero-order valence-electron chi connectivity index (χ0n) is 19.6. The fraction of sp³-hybridized carbons (Fsp3) is 0.0370. The number of benzene rings is 3. The summed E-state index contributed by atoms with van der Waals surface area (Å²) in [6.45, 7) is 0. The smallest absolute Gasteiger partial charge is 0.270 e. The standard InChI is InChI=1S/C27H15Br2N5O4/c1-38-18-7-5-14(6-8-18)22-12-19(15-3-2-4-17(9-15)34(36)37)23-25(31-22)30-13-33-26(23)32-24-20(27(33)35)10-16(28)11-21(24)29/h2-13H,1H3. The second kappa shape index (κ2) is 9.26. The molecule has 0 spiro atoms. The summed E-state index contributed by atoms with van der Waals surface area (Å²) in [6.07, 6.45) is 1.41. The molecule has 9 nitrogen and oxygen atoms in total. The molecule has 186 valence electrons. The molecule has 6 aromatic rings. The number of nitro groups is 1. The second-order valence-electron chi connectivity index (χ2n) is 8.43. The summed E-state index contributed by atoms with van der Waals surface area (Å²) < 4.78 is 8.02. The average Bonchev–Trinajstić information content (AvgIpc) is 2.93. The van der Waals surface area contributed by atoms with Gasteiger partial charge >= 0.3 is 0 Å². The Bertz CT molecular complexity index is 1990. The Morgan fingerprint density at radius 1 is 0.974 bits per heavy atom. The van der Waals surface area contributed by atoms with Crippen LogP contribution in [0, 0.1) is 10.1 Å². The Morgan fingerprint density at radius 2 is 1.76 bits per heavy atom. The molecule has 0 aliphatic rings. The van der Waals surface area contributed by atoms with Crippen molar-refractivity contribution in [2.75, 3.05) is 7.11 Å². The molecule has 0 saturated heterocycles. The van der Waals surface area contributed by atoms with Crippen molar-refractivity contribution in [2.24, 2.45) is 0 Å². The number of non-ortho nitro benzene ring substituents is 1. The minimum atomic E-state index is -0.446. The maximum Gasteiger partial charge on any atom is 0.270 e. The topological polar surface area (TPSA) is 113 Å². The first kappa shape index (κ1) is 24.1. The molecule has 0 amide bonds. The van der Waals surface area contributed by atoms with Crippen LogP contribution in [0.1, 0.15) is 0 Å². The molecule has 0 unspecified atom stereocenters. The third-order valence-electron chi connectivity index (χ3n) is 6.20. The van der Waals surface area contributed by atoms with Gasteiger partial charge in [0.25, 0.3) is 11.2 Å². The van der Waals surface area contributed by atoms with Gasteiger partial charge in [-0.25, -0.2) is 19.4 Å². The monoisotopic (exact) mass is 631 g/mol. The number of pyridine rings is 1. The molecule has 0 aliphatic heterocycles. The largest absolute Gasteiger partial charge is 0.497 e. The lowest BCUT2D eigenvalue weighted by Crippen LogP contribution is -2.16. The van der Waals surface area contributed by atoms with Crippen molar-refractivity contribution in [1.82, 2.24) is 19.4 Å². The van der Waals surface area contributed by atoms with E-state index in [-0.39, 0.29) is 11.2 Å². The molecule has 3 aromatic carbocycles. The maximum atomic E-state index is 13.5. The van der Waals surface area contributed by atoms with Gasteiger partial charge in [0.15, 0.2) is 11.3 Å². The number of aromatic nitrogens is 4. The third kappa shape index (κ3) is 4.00. The van der Waals surface area contributed by atoms with E-state index in [9.17, 15) is 14.9 Å². The van der Waals surface area contributed by atoms with E-state index in [1.807, 2.05) is 36.4 Å². The molecule has 0 atom stereocenters. The SMILES string of the molecule is COc1ccc(-c2cc(-c3cccc([N+](=O)[O-])c3)c3c(ncn4c(=O)c5cc(Br)cc(Br)c5nc34)n2)cc1. The zero-order chi connectivity index (χ0) is 26.6. The van der Waals surface area contributed by atoms with Crippen LogP contribution >= 0.6 is 31.9 Å². The lowest BCUT2D eigenvalue weighted by molar-refractivity contribution is -0.384. The Kier molecular flexibility index (Phi) is 5.88. The number of hydrogen-bond acceptors (Lipinski definition) is 7. The number of rotatable bonds is 4. The van der Waals surface area contributed by atoms with Crippen molar-refractivity contribution in [3.8, 4) is 28.1 Å². The van der Waals surface area contributed by atoms with Crippen LogP contribution in [-0.4, -0.2) is 31.4 Å². The van der Waals surface area contributed by atoms with E-state index in [0.717, 1.165) is 10.0 Å². The Morgan fingerprint density at radius 3 is 2.50 bits per heavy atom. The number of nitro benzene ring substituents is 1. The summed E-state index contributed by atoms with van der Waals surface area (Å²) in [6, 6.07) is 19.1. The van der Waals surface area contributed by atoms with Gasteiger partial charge in [0, 0.05) is 26.6 Å². The van der Waals surface area contributed by atoms with E-state index in [0.29, 0.717) is 54.6 Å². The number of fused-ring (bicyclic) bond motifs is 4. The third-order valence-corrected chi connectivity index (χ3v) is 7.26. The van der Waals surface area contributed by atoms with Crippen LogP contribution in [0.5, 0.6) is 5.75 Å². The number of methoxy groups -OCH3 is 1. The summed E-state index contributed by atoms with van der Waals surface area (Å²) in [5.74, 6) is 0.699. The summed E-state index contributed by atoms with van der Waals surface area (Å²) in [5, 5.41) is 12.5. The van der Waals surface area contributed by atoms with Crippen molar-refractivity contribution < 1.29 is 9.66 Å². The van der Waals surface area contributed by atoms with Crippen molar-refractivity contribution in [3.63, 3.8) is 0 Å². The highest BCUT2D eigenvalue weighted by atomic mass is 79.9. The second-order valence-corrected chi connectivity index (χ2v) is 10.2. The van der Waals surface area contributed by atoms with Gasteiger partial charge < -0.3 is 4.74 Å². The number of nitrogens with zero attached hydrogens (tertiary/aromatic N) is 5. The molecule has 0 fully saturated rings. The molecule has 6 rings (SSSR count). The van der Waals surface area contributed by atoms with Gasteiger partial charge in [-0.2, -0.15) is 0 Å². The van der Waals surface area contributed by atoms with Crippen LogP contribution in [0.25, 0.3) is 50.0 Å². The van der Waals surface area contributed by atoms with Gasteiger partial charge in [0.1, 0.15) is 12.1 Å². The van der Waals surface area contributed by atoms with E-state index >= 15 is 0 Å². The maximum absolute atomic E-state index is 13.5. The Balaban J connectivity index is 1.75. The first-order chi connectivity index (χ1) is 18.3. The van der Waals surface area contributed by atoms with Crippen LogP contribution in [0.3, 0.4) is 0 Å². The van der Waals surface area contributed by atoms with Crippen molar-refractivity contribution in [3.05, 3.63) is 102 Å². The Hall–Kier alpha value is -4.22. The fourth-order valence-corrected chi connectivity index (χ4v) is 5.71. The molecule has 0 radical (unpaired) electrons. The number of halogens is 2. The van der Waals surface area contributed by atoms with E-state index in [1.165, 1.54) is 22.9 Å². The summed E-state index contributed by atoms with van der Waals surface area (Å²) in [5.41, 5.74) is 3.39. The van der Waals surface area contributed by atoms with Gasteiger partial charge in [0.2, 0.25) is 0 Å². The van der Waals surface area contributed by atoms with E-state index in [4.69, 9.17) is 14.7 Å². The van der Waals surface area contributed by atoms with Crippen molar-refractivity contribution >= 4 is 65.1 Å². The van der Waals surface area contributed by atoms with Crippen LogP contribution < -0.4 is 10.3 Å². The molecule has 11 heteroatoms. The first-order valence-corrected chi connectivity index (χ1v) is 12.8. The molecule has 0 saturated carbocycles. The summed E-state index contributed by atoms with van der Waals surface area (Å²) in [7, 11) is 1.59. The molecule has 0 N–H and O–H groups in total. The van der Waals surface area contributed by atoms with Gasteiger partial charge in [-0.15, -0.1) is 0 Å². The molecule has 0 aliphatic carbocycles. The lowest BCUT2D eigenvalue weighted by Gasteiger charge is -2.13. The molecular formula is C27H15Br2N5O4. The highest BCUT2D eigenvalue weighted by Gasteiger charge is 2.19. The molecule has 3 aromatic heterocycles. The van der Waals surface area contributed by atoms with Crippen LogP contribution in [0.2, 0.25) is 0 Å². The van der Waals surface area contributed by atoms with Gasteiger partial charge in [-0.3, -0.25) is 14.9 Å².